The van der Waals surface area contributed by atoms with Gasteiger partial charge in [0, 0.05) is 34.4 Å². The molecule has 0 radical (unpaired) electrons. The average molecular weight is 430 g/mol. The van der Waals surface area contributed by atoms with Crippen molar-refractivity contribution in [2.75, 3.05) is 0 Å². The van der Waals surface area contributed by atoms with Crippen molar-refractivity contribution >= 4 is 35.2 Å². The summed E-state index contributed by atoms with van der Waals surface area (Å²) in [5, 5.41) is 38.9. The third-order valence-corrected chi connectivity index (χ3v) is 5.13. The first kappa shape index (κ1) is 19.3. The van der Waals surface area contributed by atoms with Crippen LogP contribution in [0.2, 0.25) is 0 Å². The number of ether oxygens (including phenoxy) is 2. The van der Waals surface area contributed by atoms with Crippen molar-refractivity contribution in [1.29, 1.82) is 0 Å². The van der Waals surface area contributed by atoms with E-state index in [4.69, 9.17) is 9.47 Å². The van der Waals surface area contributed by atoms with E-state index in [0.29, 0.717) is 22.3 Å². The molecule has 0 saturated heterocycles. The Morgan fingerprint density at radius 1 is 0.594 bits per heavy atom. The summed E-state index contributed by atoms with van der Waals surface area (Å²) in [6.45, 7) is 0. The number of rotatable bonds is 2. The first-order valence-corrected chi connectivity index (χ1v) is 9.40. The van der Waals surface area contributed by atoms with Gasteiger partial charge in [-0.25, -0.2) is 9.59 Å². The lowest BCUT2D eigenvalue weighted by Crippen LogP contribution is -2.01. The van der Waals surface area contributed by atoms with Crippen molar-refractivity contribution in [3.05, 3.63) is 70.8 Å². The van der Waals surface area contributed by atoms with E-state index in [1.54, 1.807) is 0 Å². The number of benzene rings is 3. The maximum absolute atomic E-state index is 12.5. The van der Waals surface area contributed by atoms with Crippen LogP contribution < -0.4 is 9.47 Å². The van der Waals surface area contributed by atoms with Crippen LogP contribution in [0.5, 0.6) is 34.5 Å². The van der Waals surface area contributed by atoms with Crippen molar-refractivity contribution in [3.8, 4) is 34.5 Å². The monoisotopic (exact) mass is 430 g/mol. The second-order valence-corrected chi connectivity index (χ2v) is 7.23. The van der Waals surface area contributed by atoms with Crippen molar-refractivity contribution in [3.63, 3.8) is 0 Å². The molecule has 0 saturated carbocycles. The van der Waals surface area contributed by atoms with Crippen LogP contribution in [0, 0.1) is 0 Å². The second-order valence-electron chi connectivity index (χ2n) is 7.23. The number of carbonyl (C=O) groups excluding carboxylic acids is 2. The van der Waals surface area contributed by atoms with Crippen LogP contribution in [0.1, 0.15) is 22.3 Å². The normalized spacial score (nSPS) is 16.8. The molecule has 3 aromatic rings. The first-order valence-electron chi connectivity index (χ1n) is 9.40. The number of hydrogen-bond donors (Lipinski definition) is 4. The topological polar surface area (TPSA) is 134 Å². The highest BCUT2D eigenvalue weighted by molar-refractivity contribution is 6.29. The van der Waals surface area contributed by atoms with E-state index in [9.17, 15) is 30.0 Å². The molecule has 0 aromatic heterocycles. The summed E-state index contributed by atoms with van der Waals surface area (Å²) in [7, 11) is 0. The average Bonchev–Trinajstić information content (AvgIpc) is 3.19. The number of aromatic hydroxyl groups is 4. The molecule has 2 aliphatic rings. The van der Waals surface area contributed by atoms with Gasteiger partial charge in [0.1, 0.15) is 34.5 Å². The zero-order chi connectivity index (χ0) is 22.6. The Labute approximate surface area is 180 Å². The van der Waals surface area contributed by atoms with E-state index in [-0.39, 0.29) is 45.6 Å². The Balaban J connectivity index is 1.59. The summed E-state index contributed by atoms with van der Waals surface area (Å²) >= 11 is 0. The number of carbonyl (C=O) groups is 2. The fraction of sp³-hybridized carbons (Fsp3) is 0. The Morgan fingerprint density at radius 3 is 1.38 bits per heavy atom. The maximum atomic E-state index is 12.5. The Morgan fingerprint density at radius 2 is 1.00 bits per heavy atom. The summed E-state index contributed by atoms with van der Waals surface area (Å²) in [5.74, 6) is -1.57. The highest BCUT2D eigenvalue weighted by Crippen LogP contribution is 2.46. The smallest absolute Gasteiger partial charge is 0.344 e. The zero-order valence-corrected chi connectivity index (χ0v) is 16.2. The Hall–Kier alpha value is -4.72. The SMILES string of the molecule is O=C1Oc2cc3c(cc2/C1=C/c1ccc(O)cc1O)OC(=O)/C3=C\c1ccc(O)cc1O. The molecule has 0 fully saturated rings. The van der Waals surface area contributed by atoms with Crippen molar-refractivity contribution < 1.29 is 39.5 Å². The molecule has 0 unspecified atom stereocenters. The summed E-state index contributed by atoms with van der Waals surface area (Å²) < 4.78 is 10.7. The molecule has 0 aliphatic carbocycles. The van der Waals surface area contributed by atoms with Crippen LogP contribution in [-0.4, -0.2) is 32.4 Å². The molecule has 4 N–H and O–H groups in total. The lowest BCUT2D eigenvalue weighted by atomic mass is 9.98. The quantitative estimate of drug-likeness (QED) is 0.276. The number of hydrogen-bond acceptors (Lipinski definition) is 8. The van der Waals surface area contributed by atoms with Gasteiger partial charge in [-0.1, -0.05) is 0 Å². The van der Waals surface area contributed by atoms with Gasteiger partial charge in [-0.15, -0.1) is 0 Å². The van der Waals surface area contributed by atoms with Gasteiger partial charge in [-0.2, -0.15) is 0 Å². The molecule has 8 nitrogen and oxygen atoms in total. The molecular weight excluding hydrogens is 416 g/mol. The van der Waals surface area contributed by atoms with E-state index in [2.05, 4.69) is 0 Å². The third kappa shape index (κ3) is 3.10. The van der Waals surface area contributed by atoms with Gasteiger partial charge < -0.3 is 29.9 Å². The molecule has 2 heterocycles. The van der Waals surface area contributed by atoms with E-state index in [1.807, 2.05) is 0 Å². The second kappa shape index (κ2) is 6.92. The minimum Gasteiger partial charge on any atom is -0.508 e. The van der Waals surface area contributed by atoms with Crippen molar-refractivity contribution in [2.45, 2.75) is 0 Å². The molecular formula is C24H14O8. The van der Waals surface area contributed by atoms with Gasteiger partial charge >= 0.3 is 11.9 Å². The largest absolute Gasteiger partial charge is 0.508 e. The molecule has 0 amide bonds. The van der Waals surface area contributed by atoms with Gasteiger partial charge in [0.2, 0.25) is 0 Å². The van der Waals surface area contributed by atoms with Crippen molar-refractivity contribution in [1.82, 2.24) is 0 Å². The van der Waals surface area contributed by atoms with E-state index in [0.717, 1.165) is 12.1 Å². The van der Waals surface area contributed by atoms with Crippen LogP contribution >= 0.6 is 0 Å². The highest BCUT2D eigenvalue weighted by Gasteiger charge is 2.34. The minimum atomic E-state index is -0.649. The molecule has 0 atom stereocenters. The van der Waals surface area contributed by atoms with Gasteiger partial charge in [-0.05, 0) is 48.6 Å². The Bertz CT molecular complexity index is 1290. The number of esters is 2. The molecule has 32 heavy (non-hydrogen) atoms. The molecule has 158 valence electrons. The third-order valence-electron chi connectivity index (χ3n) is 5.13. The standard InChI is InChI=1S/C24H14O8/c25-13-3-1-11(19(27)7-13)5-17-15-9-22-16(10-21(15)31-23(17)29)18(24(30)32-22)6-12-2-4-14(26)8-20(12)28/h1-10,25-28H/b17-5-,18-6-. The van der Waals surface area contributed by atoms with Gasteiger partial charge in [0.05, 0.1) is 11.1 Å². The van der Waals surface area contributed by atoms with Crippen LogP contribution in [0.15, 0.2) is 48.5 Å². The fourth-order valence-electron chi connectivity index (χ4n) is 3.57. The minimum absolute atomic E-state index is 0.122. The zero-order valence-electron chi connectivity index (χ0n) is 16.2. The fourth-order valence-corrected chi connectivity index (χ4v) is 3.57. The summed E-state index contributed by atoms with van der Waals surface area (Å²) in [6, 6.07) is 10.9. The van der Waals surface area contributed by atoms with Crippen molar-refractivity contribution in [2.24, 2.45) is 0 Å². The number of fused-ring (bicyclic) bond motifs is 2. The molecule has 0 bridgehead atoms. The number of phenolic OH excluding ortho intramolecular Hbond substituents is 4. The summed E-state index contributed by atoms with van der Waals surface area (Å²) in [6.07, 6.45) is 2.83. The summed E-state index contributed by atoms with van der Waals surface area (Å²) in [5.41, 5.74) is 1.64. The van der Waals surface area contributed by atoms with Gasteiger partial charge in [0.25, 0.3) is 0 Å². The molecule has 0 spiro atoms. The first-order chi connectivity index (χ1) is 15.3. The van der Waals surface area contributed by atoms with Crippen LogP contribution in [0.4, 0.5) is 0 Å². The van der Waals surface area contributed by atoms with E-state index in [1.165, 1.54) is 48.6 Å². The maximum Gasteiger partial charge on any atom is 0.344 e. The summed E-state index contributed by atoms with van der Waals surface area (Å²) in [4.78, 5) is 24.9. The molecule has 8 heteroatoms. The predicted octanol–water partition coefficient (Wildman–Crippen LogP) is 3.43. The molecule has 5 rings (SSSR count). The predicted molar refractivity (Wildman–Crippen MR) is 113 cm³/mol. The lowest BCUT2D eigenvalue weighted by molar-refractivity contribution is -0.127. The number of phenols is 4. The van der Waals surface area contributed by atoms with Crippen LogP contribution in [-0.2, 0) is 9.59 Å². The Kier molecular flexibility index (Phi) is 4.16. The lowest BCUT2D eigenvalue weighted by Gasteiger charge is -2.03. The van der Waals surface area contributed by atoms with Crippen LogP contribution in [0.3, 0.4) is 0 Å². The molecule has 2 aliphatic heterocycles. The van der Waals surface area contributed by atoms with E-state index >= 15 is 0 Å². The molecule has 3 aromatic carbocycles. The van der Waals surface area contributed by atoms with Crippen LogP contribution in [0.25, 0.3) is 23.3 Å². The van der Waals surface area contributed by atoms with Gasteiger partial charge in [-0.3, -0.25) is 0 Å². The highest BCUT2D eigenvalue weighted by atomic mass is 16.5. The van der Waals surface area contributed by atoms with E-state index < -0.39 is 11.9 Å². The van der Waals surface area contributed by atoms with Gasteiger partial charge in [0.15, 0.2) is 0 Å².